The summed E-state index contributed by atoms with van der Waals surface area (Å²) < 4.78 is 0. The number of aldehydes is 1. The van der Waals surface area contributed by atoms with Crippen LogP contribution in [0.2, 0.25) is 0 Å². The fourth-order valence-electron chi connectivity index (χ4n) is 1.55. The summed E-state index contributed by atoms with van der Waals surface area (Å²) >= 11 is 1.53. The monoisotopic (exact) mass is 181 g/mol. The number of hydrogen-bond acceptors (Lipinski definition) is 3. The third-order valence-electron chi connectivity index (χ3n) is 2.19. The van der Waals surface area contributed by atoms with E-state index in [1.807, 2.05) is 6.07 Å². The molecule has 1 aromatic rings. The summed E-state index contributed by atoms with van der Waals surface area (Å²) in [5.41, 5.74) is 1.22. The van der Waals surface area contributed by atoms with E-state index in [0.717, 1.165) is 24.3 Å². The van der Waals surface area contributed by atoms with Gasteiger partial charge in [0.2, 0.25) is 0 Å². The van der Waals surface area contributed by atoms with E-state index < -0.39 is 0 Å². The van der Waals surface area contributed by atoms with Crippen molar-refractivity contribution in [3.63, 3.8) is 0 Å². The number of nitrogens with zero attached hydrogens (tertiary/aromatic N) is 1. The minimum Gasteiger partial charge on any atom is -0.371 e. The Balaban J connectivity index is 2.16. The van der Waals surface area contributed by atoms with Crippen molar-refractivity contribution < 1.29 is 4.79 Å². The van der Waals surface area contributed by atoms with Gasteiger partial charge in [-0.15, -0.1) is 11.3 Å². The summed E-state index contributed by atoms with van der Waals surface area (Å²) in [6.07, 6.45) is 3.49. The quantitative estimate of drug-likeness (QED) is 0.652. The number of hydrogen-bond donors (Lipinski definition) is 0. The van der Waals surface area contributed by atoms with Crippen LogP contribution in [0.25, 0.3) is 0 Å². The molecule has 0 spiro atoms. The average molecular weight is 181 g/mol. The first-order valence-electron chi connectivity index (χ1n) is 4.19. The molecular formula is C9H11NOS. The molecule has 2 heterocycles. The number of anilines is 1. The minimum absolute atomic E-state index is 0.830. The summed E-state index contributed by atoms with van der Waals surface area (Å²) in [6.45, 7) is 2.30. The molecule has 0 aromatic carbocycles. The highest BCUT2D eigenvalue weighted by molar-refractivity contribution is 7.12. The number of carbonyl (C=O) groups excluding carboxylic acids is 1. The summed E-state index contributed by atoms with van der Waals surface area (Å²) in [4.78, 5) is 13.6. The molecule has 0 amide bonds. The molecule has 0 saturated carbocycles. The van der Waals surface area contributed by atoms with Gasteiger partial charge in [0.25, 0.3) is 0 Å². The highest BCUT2D eigenvalue weighted by Gasteiger charge is 2.13. The Morgan fingerprint density at radius 2 is 2.17 bits per heavy atom. The highest BCUT2D eigenvalue weighted by Crippen LogP contribution is 2.25. The second-order valence-corrected chi connectivity index (χ2v) is 3.96. The third-order valence-corrected chi connectivity index (χ3v) is 3.04. The van der Waals surface area contributed by atoms with Crippen LogP contribution in [0.1, 0.15) is 22.5 Å². The van der Waals surface area contributed by atoms with Crippen LogP contribution in [0.4, 0.5) is 5.69 Å². The summed E-state index contributed by atoms with van der Waals surface area (Å²) in [5, 5.41) is 2.06. The molecule has 1 aliphatic rings. The summed E-state index contributed by atoms with van der Waals surface area (Å²) in [7, 11) is 0. The largest absolute Gasteiger partial charge is 0.371 e. The first-order chi connectivity index (χ1) is 5.90. The summed E-state index contributed by atoms with van der Waals surface area (Å²) in [5.74, 6) is 0. The highest BCUT2D eigenvalue weighted by atomic mass is 32.1. The predicted molar refractivity (Wildman–Crippen MR) is 51.2 cm³/mol. The van der Waals surface area contributed by atoms with Gasteiger partial charge in [-0.1, -0.05) is 0 Å². The first-order valence-corrected chi connectivity index (χ1v) is 5.07. The fourth-order valence-corrected chi connectivity index (χ4v) is 2.26. The first kappa shape index (κ1) is 7.80. The van der Waals surface area contributed by atoms with Crippen LogP contribution in [0.3, 0.4) is 0 Å². The zero-order valence-electron chi connectivity index (χ0n) is 6.82. The standard InChI is InChI=1S/C9H11NOS/c11-6-9-5-8(7-12-9)10-3-1-2-4-10/h5-7H,1-4H2. The SMILES string of the molecule is O=Cc1cc(N2CCCC2)cs1. The minimum atomic E-state index is 0.830. The molecule has 1 saturated heterocycles. The van der Waals surface area contributed by atoms with Gasteiger partial charge in [0, 0.05) is 24.2 Å². The second kappa shape index (κ2) is 3.27. The van der Waals surface area contributed by atoms with Crippen molar-refractivity contribution in [3.8, 4) is 0 Å². The van der Waals surface area contributed by atoms with E-state index in [1.165, 1.54) is 29.9 Å². The van der Waals surface area contributed by atoms with Crippen molar-refractivity contribution in [2.45, 2.75) is 12.8 Å². The van der Waals surface area contributed by atoms with Crippen LogP contribution in [0.5, 0.6) is 0 Å². The van der Waals surface area contributed by atoms with Crippen molar-refractivity contribution in [2.75, 3.05) is 18.0 Å². The lowest BCUT2D eigenvalue weighted by Gasteiger charge is -2.14. The van der Waals surface area contributed by atoms with Gasteiger partial charge in [0.15, 0.2) is 6.29 Å². The van der Waals surface area contributed by atoms with Gasteiger partial charge in [0.05, 0.1) is 4.88 Å². The topological polar surface area (TPSA) is 20.3 Å². The Kier molecular flexibility index (Phi) is 2.13. The van der Waals surface area contributed by atoms with Crippen LogP contribution in [-0.4, -0.2) is 19.4 Å². The lowest BCUT2D eigenvalue weighted by molar-refractivity contribution is 0.112. The summed E-state index contributed by atoms with van der Waals surface area (Å²) in [6, 6.07) is 1.98. The van der Waals surface area contributed by atoms with E-state index in [2.05, 4.69) is 10.3 Å². The van der Waals surface area contributed by atoms with Crippen molar-refractivity contribution in [1.82, 2.24) is 0 Å². The van der Waals surface area contributed by atoms with E-state index in [4.69, 9.17) is 0 Å². The number of thiophene rings is 1. The third kappa shape index (κ3) is 1.37. The Hall–Kier alpha value is -0.830. The molecule has 0 unspecified atom stereocenters. The van der Waals surface area contributed by atoms with E-state index in [9.17, 15) is 4.79 Å². The predicted octanol–water partition coefficient (Wildman–Crippen LogP) is 2.16. The Morgan fingerprint density at radius 1 is 1.42 bits per heavy atom. The molecule has 1 fully saturated rings. The van der Waals surface area contributed by atoms with E-state index in [1.54, 1.807) is 0 Å². The molecule has 1 aromatic heterocycles. The van der Waals surface area contributed by atoms with Gasteiger partial charge < -0.3 is 4.90 Å². The van der Waals surface area contributed by atoms with Crippen LogP contribution in [0, 0.1) is 0 Å². The average Bonchev–Trinajstić information content (AvgIpc) is 2.75. The molecule has 64 valence electrons. The Morgan fingerprint density at radius 3 is 2.75 bits per heavy atom. The Labute approximate surface area is 75.8 Å². The molecule has 3 heteroatoms. The zero-order chi connectivity index (χ0) is 8.39. The Bertz CT molecular complexity index is 276. The maximum absolute atomic E-state index is 10.4. The second-order valence-electron chi connectivity index (χ2n) is 3.02. The fraction of sp³-hybridized carbons (Fsp3) is 0.444. The van der Waals surface area contributed by atoms with Crippen LogP contribution >= 0.6 is 11.3 Å². The molecule has 0 radical (unpaired) electrons. The van der Waals surface area contributed by atoms with Crippen LogP contribution in [0.15, 0.2) is 11.4 Å². The van der Waals surface area contributed by atoms with Gasteiger partial charge in [-0.2, -0.15) is 0 Å². The molecule has 1 aliphatic heterocycles. The number of rotatable bonds is 2. The number of carbonyl (C=O) groups is 1. The van der Waals surface area contributed by atoms with Gasteiger partial charge >= 0.3 is 0 Å². The van der Waals surface area contributed by atoms with Crippen LogP contribution < -0.4 is 4.90 Å². The molecule has 12 heavy (non-hydrogen) atoms. The molecule has 0 N–H and O–H groups in total. The normalized spacial score (nSPS) is 16.8. The van der Waals surface area contributed by atoms with Gasteiger partial charge in [-0.3, -0.25) is 4.79 Å². The molecule has 0 aliphatic carbocycles. The lowest BCUT2D eigenvalue weighted by atomic mass is 10.4. The molecule has 2 nitrogen and oxygen atoms in total. The molecule has 2 rings (SSSR count). The molecule has 0 bridgehead atoms. The van der Waals surface area contributed by atoms with E-state index >= 15 is 0 Å². The van der Waals surface area contributed by atoms with Crippen molar-refractivity contribution in [1.29, 1.82) is 0 Å². The van der Waals surface area contributed by atoms with Gasteiger partial charge in [0.1, 0.15) is 0 Å². The molecular weight excluding hydrogens is 170 g/mol. The maximum Gasteiger partial charge on any atom is 0.160 e. The van der Waals surface area contributed by atoms with Crippen molar-refractivity contribution >= 4 is 23.3 Å². The van der Waals surface area contributed by atoms with E-state index in [-0.39, 0.29) is 0 Å². The zero-order valence-corrected chi connectivity index (χ0v) is 7.64. The van der Waals surface area contributed by atoms with Crippen LogP contribution in [-0.2, 0) is 0 Å². The van der Waals surface area contributed by atoms with Crippen molar-refractivity contribution in [3.05, 3.63) is 16.3 Å². The van der Waals surface area contributed by atoms with E-state index in [0.29, 0.717) is 0 Å². The smallest absolute Gasteiger partial charge is 0.160 e. The van der Waals surface area contributed by atoms with Gasteiger partial charge in [-0.05, 0) is 18.9 Å². The van der Waals surface area contributed by atoms with Gasteiger partial charge in [-0.25, -0.2) is 0 Å². The maximum atomic E-state index is 10.4. The lowest BCUT2D eigenvalue weighted by Crippen LogP contribution is -2.16. The van der Waals surface area contributed by atoms with Crippen molar-refractivity contribution in [2.24, 2.45) is 0 Å². The molecule has 0 atom stereocenters.